The summed E-state index contributed by atoms with van der Waals surface area (Å²) >= 11 is 3.22. The van der Waals surface area contributed by atoms with E-state index in [1.54, 1.807) is 24.3 Å². The van der Waals surface area contributed by atoms with Crippen LogP contribution in [0.2, 0.25) is 0 Å². The minimum Gasteiger partial charge on any atom is -0.380 e. The molecule has 102 valence electrons. The van der Waals surface area contributed by atoms with Crippen molar-refractivity contribution in [3.05, 3.63) is 28.7 Å². The van der Waals surface area contributed by atoms with E-state index in [0.29, 0.717) is 17.7 Å². The molecule has 0 bridgehead atoms. The summed E-state index contributed by atoms with van der Waals surface area (Å²) in [5.74, 6) is 0. The van der Waals surface area contributed by atoms with Crippen LogP contribution in [-0.4, -0.2) is 28.2 Å². The van der Waals surface area contributed by atoms with Crippen molar-refractivity contribution in [2.24, 2.45) is 0 Å². The van der Waals surface area contributed by atoms with E-state index in [9.17, 15) is 8.42 Å². The molecule has 0 radical (unpaired) electrons. The van der Waals surface area contributed by atoms with Crippen molar-refractivity contribution in [3.8, 4) is 0 Å². The molecule has 0 unspecified atom stereocenters. The second kappa shape index (κ2) is 7.89. The standard InChI is InChI=1S/C12H18BrNO3S/c1-2-3-9-17-10-8-14-18(15,16)12-7-5-4-6-11(12)13/h4-7,14H,2-3,8-10H2,1H3. The van der Waals surface area contributed by atoms with Crippen LogP contribution in [0.1, 0.15) is 19.8 Å². The predicted octanol–water partition coefficient (Wildman–Crippen LogP) is 2.54. The average Bonchev–Trinajstić information content (AvgIpc) is 2.34. The second-order valence-electron chi connectivity index (χ2n) is 3.79. The van der Waals surface area contributed by atoms with Gasteiger partial charge in [0.15, 0.2) is 0 Å². The number of unbranched alkanes of at least 4 members (excludes halogenated alkanes) is 1. The minimum absolute atomic E-state index is 0.249. The fourth-order valence-corrected chi connectivity index (χ4v) is 3.35. The molecule has 18 heavy (non-hydrogen) atoms. The molecule has 1 aromatic rings. The summed E-state index contributed by atoms with van der Waals surface area (Å²) < 4.78 is 32.3. The van der Waals surface area contributed by atoms with Crippen molar-refractivity contribution in [2.45, 2.75) is 24.7 Å². The maximum Gasteiger partial charge on any atom is 0.241 e. The van der Waals surface area contributed by atoms with Gasteiger partial charge in [0.05, 0.1) is 11.5 Å². The Kier molecular flexibility index (Phi) is 6.85. The third-order valence-corrected chi connectivity index (χ3v) is 4.78. The summed E-state index contributed by atoms with van der Waals surface area (Å²) in [5.41, 5.74) is 0. The molecule has 0 heterocycles. The number of rotatable bonds is 8. The fourth-order valence-electron chi connectivity index (χ4n) is 1.34. The van der Waals surface area contributed by atoms with Crippen LogP contribution in [-0.2, 0) is 14.8 Å². The van der Waals surface area contributed by atoms with Gasteiger partial charge in [0.25, 0.3) is 0 Å². The van der Waals surface area contributed by atoms with Crippen LogP contribution < -0.4 is 4.72 Å². The summed E-state index contributed by atoms with van der Waals surface area (Å²) in [6, 6.07) is 6.73. The summed E-state index contributed by atoms with van der Waals surface area (Å²) in [6.45, 7) is 3.43. The van der Waals surface area contributed by atoms with Crippen LogP contribution in [0.15, 0.2) is 33.6 Å². The van der Waals surface area contributed by atoms with E-state index in [-0.39, 0.29) is 11.4 Å². The first kappa shape index (κ1) is 15.6. The van der Waals surface area contributed by atoms with Gasteiger partial charge in [-0.2, -0.15) is 0 Å². The predicted molar refractivity (Wildman–Crippen MR) is 75.1 cm³/mol. The zero-order chi connectivity index (χ0) is 13.4. The highest BCUT2D eigenvalue weighted by Crippen LogP contribution is 2.20. The fraction of sp³-hybridized carbons (Fsp3) is 0.500. The van der Waals surface area contributed by atoms with Gasteiger partial charge < -0.3 is 4.74 Å². The molecule has 1 N–H and O–H groups in total. The number of hydrogen-bond acceptors (Lipinski definition) is 3. The van der Waals surface area contributed by atoms with Gasteiger partial charge in [-0.1, -0.05) is 25.5 Å². The molecule has 0 saturated carbocycles. The lowest BCUT2D eigenvalue weighted by atomic mass is 10.4. The maximum absolute atomic E-state index is 11.9. The molecule has 0 amide bonds. The Morgan fingerprint density at radius 3 is 2.67 bits per heavy atom. The van der Waals surface area contributed by atoms with E-state index in [0.717, 1.165) is 12.8 Å². The summed E-state index contributed by atoms with van der Waals surface area (Å²) in [5, 5.41) is 0. The Morgan fingerprint density at radius 2 is 2.00 bits per heavy atom. The highest BCUT2D eigenvalue weighted by atomic mass is 79.9. The number of ether oxygens (including phenoxy) is 1. The zero-order valence-corrected chi connectivity index (χ0v) is 12.8. The highest BCUT2D eigenvalue weighted by Gasteiger charge is 2.15. The van der Waals surface area contributed by atoms with Crippen molar-refractivity contribution in [2.75, 3.05) is 19.8 Å². The van der Waals surface area contributed by atoms with Crippen molar-refractivity contribution >= 4 is 26.0 Å². The summed E-state index contributed by atoms with van der Waals surface area (Å²) in [6.07, 6.45) is 2.07. The molecular formula is C12H18BrNO3S. The van der Waals surface area contributed by atoms with E-state index >= 15 is 0 Å². The molecule has 0 spiro atoms. The van der Waals surface area contributed by atoms with Crippen LogP contribution >= 0.6 is 15.9 Å². The van der Waals surface area contributed by atoms with Gasteiger partial charge in [-0.25, -0.2) is 13.1 Å². The van der Waals surface area contributed by atoms with Gasteiger partial charge in [-0.15, -0.1) is 0 Å². The first-order chi connectivity index (χ1) is 8.58. The lowest BCUT2D eigenvalue weighted by Gasteiger charge is -2.08. The number of hydrogen-bond donors (Lipinski definition) is 1. The van der Waals surface area contributed by atoms with Crippen molar-refractivity contribution in [1.29, 1.82) is 0 Å². The number of nitrogens with one attached hydrogen (secondary N) is 1. The lowest BCUT2D eigenvalue weighted by molar-refractivity contribution is 0.136. The van der Waals surface area contributed by atoms with Crippen LogP contribution in [0.3, 0.4) is 0 Å². The normalized spacial score (nSPS) is 11.7. The van der Waals surface area contributed by atoms with Gasteiger partial charge in [-0.3, -0.25) is 0 Å². The number of sulfonamides is 1. The largest absolute Gasteiger partial charge is 0.380 e. The zero-order valence-electron chi connectivity index (χ0n) is 10.4. The smallest absolute Gasteiger partial charge is 0.241 e. The van der Waals surface area contributed by atoms with Gasteiger partial charge in [0, 0.05) is 17.6 Å². The molecule has 0 aromatic heterocycles. The topological polar surface area (TPSA) is 55.4 Å². The van der Waals surface area contributed by atoms with Crippen molar-refractivity contribution in [1.82, 2.24) is 4.72 Å². The lowest BCUT2D eigenvalue weighted by Crippen LogP contribution is -2.27. The quantitative estimate of drug-likeness (QED) is 0.743. The van der Waals surface area contributed by atoms with Crippen LogP contribution in [0.4, 0.5) is 0 Å². The van der Waals surface area contributed by atoms with E-state index in [1.165, 1.54) is 0 Å². The number of halogens is 1. The molecule has 1 rings (SSSR count). The van der Waals surface area contributed by atoms with Gasteiger partial charge >= 0.3 is 0 Å². The van der Waals surface area contributed by atoms with Gasteiger partial charge in [0.1, 0.15) is 0 Å². The van der Waals surface area contributed by atoms with Crippen LogP contribution in [0, 0.1) is 0 Å². The molecule has 0 saturated heterocycles. The highest BCUT2D eigenvalue weighted by molar-refractivity contribution is 9.10. The van der Waals surface area contributed by atoms with Crippen molar-refractivity contribution in [3.63, 3.8) is 0 Å². The van der Waals surface area contributed by atoms with E-state index in [2.05, 4.69) is 27.6 Å². The molecule has 0 aliphatic rings. The number of benzene rings is 1. The third kappa shape index (κ3) is 5.06. The molecule has 0 fully saturated rings. The van der Waals surface area contributed by atoms with E-state index in [4.69, 9.17) is 4.74 Å². The Bertz CT molecular complexity index is 462. The van der Waals surface area contributed by atoms with E-state index < -0.39 is 10.0 Å². The molecule has 4 nitrogen and oxygen atoms in total. The molecule has 1 aromatic carbocycles. The van der Waals surface area contributed by atoms with Gasteiger partial charge in [-0.05, 0) is 34.5 Å². The molecule has 6 heteroatoms. The van der Waals surface area contributed by atoms with Crippen LogP contribution in [0.5, 0.6) is 0 Å². The first-order valence-electron chi connectivity index (χ1n) is 5.90. The van der Waals surface area contributed by atoms with E-state index in [1.807, 2.05) is 0 Å². The first-order valence-corrected chi connectivity index (χ1v) is 8.17. The third-order valence-electron chi connectivity index (χ3n) is 2.31. The Balaban J connectivity index is 2.44. The Labute approximate surface area is 117 Å². The Morgan fingerprint density at radius 1 is 1.28 bits per heavy atom. The average molecular weight is 336 g/mol. The van der Waals surface area contributed by atoms with Crippen molar-refractivity contribution < 1.29 is 13.2 Å². The Hall–Kier alpha value is -0.430. The second-order valence-corrected chi connectivity index (χ2v) is 6.38. The minimum atomic E-state index is -3.46. The maximum atomic E-state index is 11.9. The monoisotopic (exact) mass is 335 g/mol. The molecule has 0 aliphatic carbocycles. The van der Waals surface area contributed by atoms with Crippen LogP contribution in [0.25, 0.3) is 0 Å². The summed E-state index contributed by atoms with van der Waals surface area (Å²) in [4.78, 5) is 0.249. The summed E-state index contributed by atoms with van der Waals surface area (Å²) in [7, 11) is -3.46. The molecule has 0 atom stereocenters. The SMILES string of the molecule is CCCCOCCNS(=O)(=O)c1ccccc1Br. The molecule has 0 aliphatic heterocycles. The van der Waals surface area contributed by atoms with Gasteiger partial charge in [0.2, 0.25) is 10.0 Å². The molecular weight excluding hydrogens is 318 g/mol.